The summed E-state index contributed by atoms with van der Waals surface area (Å²) in [7, 11) is 5.03. The molecule has 9 nitrogen and oxygen atoms in total. The van der Waals surface area contributed by atoms with Gasteiger partial charge in [0.1, 0.15) is 28.6 Å². The number of hydrogen-bond donors (Lipinski definition) is 0. The predicted molar refractivity (Wildman–Crippen MR) is 150 cm³/mol. The molecular weight excluding hydrogens is 526 g/mol. The lowest BCUT2D eigenvalue weighted by Gasteiger charge is -2.25. The molecule has 3 aromatic carbocycles. The Morgan fingerprint density at radius 3 is 2.46 bits per heavy atom. The van der Waals surface area contributed by atoms with Crippen LogP contribution in [0, 0.1) is 0 Å². The van der Waals surface area contributed by atoms with Crippen molar-refractivity contribution >= 4 is 39.7 Å². The van der Waals surface area contributed by atoms with Gasteiger partial charge >= 0.3 is 5.97 Å². The molecule has 4 heterocycles. The number of benzene rings is 3. The van der Waals surface area contributed by atoms with Crippen LogP contribution in [0.3, 0.4) is 0 Å². The van der Waals surface area contributed by atoms with Gasteiger partial charge in [-0.25, -0.2) is 0 Å². The molecule has 0 aliphatic carbocycles. The van der Waals surface area contributed by atoms with Crippen molar-refractivity contribution in [2.75, 3.05) is 14.2 Å². The van der Waals surface area contributed by atoms with E-state index in [1.54, 1.807) is 43.5 Å². The van der Waals surface area contributed by atoms with Crippen molar-refractivity contribution in [3.05, 3.63) is 99.2 Å². The maximum atomic E-state index is 13.7. The molecule has 2 aliphatic rings. The fraction of sp³-hybridized carbons (Fsp3) is 0.156. The third kappa shape index (κ3) is 3.81. The first-order valence-corrected chi connectivity index (χ1v) is 12.9. The zero-order valence-corrected chi connectivity index (χ0v) is 22.3. The molecule has 7 rings (SSSR count). The van der Waals surface area contributed by atoms with E-state index < -0.39 is 11.9 Å². The summed E-state index contributed by atoms with van der Waals surface area (Å²) in [6.07, 6.45) is 4.84. The lowest BCUT2D eigenvalue weighted by Crippen LogP contribution is -2.25. The Balaban J connectivity index is 1.36. The fourth-order valence-corrected chi connectivity index (χ4v) is 5.65. The molecule has 0 saturated carbocycles. The number of carbonyl (C=O) groups is 2. The van der Waals surface area contributed by atoms with Crippen LogP contribution in [0.1, 0.15) is 39.4 Å². The van der Waals surface area contributed by atoms with Gasteiger partial charge < -0.3 is 27.9 Å². The minimum Gasteiger partial charge on any atom is -0.497 e. The number of rotatable bonds is 4. The highest BCUT2D eigenvalue weighted by molar-refractivity contribution is 6.16. The molecule has 1 atom stereocenters. The topological polar surface area (TPSA) is 106 Å². The number of aryl methyl sites for hydroxylation is 1. The number of esters is 1. The van der Waals surface area contributed by atoms with Crippen LogP contribution in [0.2, 0.25) is 0 Å². The van der Waals surface area contributed by atoms with E-state index >= 15 is 0 Å². The highest BCUT2D eigenvalue weighted by Crippen LogP contribution is 2.48. The number of hydrogen-bond acceptors (Lipinski definition) is 8. The molecule has 9 heteroatoms. The molecule has 2 aliphatic heterocycles. The highest BCUT2D eigenvalue weighted by Gasteiger charge is 2.39. The second-order valence-electron chi connectivity index (χ2n) is 9.99. The SMILES string of the molecule is COc1ccc2c(c1)c(/C=C1\Oc3c(ccc4c3[C@H](c3coc5ccc(OC)cc5c3=O)CC(=O)O4)C1=O)cn2C. The normalized spacial score (nSPS) is 17.0. The van der Waals surface area contributed by atoms with E-state index in [9.17, 15) is 14.4 Å². The first-order chi connectivity index (χ1) is 19.9. The molecule has 0 N–H and O–H groups in total. The van der Waals surface area contributed by atoms with Crippen molar-refractivity contribution < 1.29 is 33.0 Å². The maximum absolute atomic E-state index is 13.7. The van der Waals surface area contributed by atoms with Gasteiger partial charge in [0.25, 0.3) is 0 Å². The summed E-state index contributed by atoms with van der Waals surface area (Å²) in [5.74, 6) is 0.248. The Kier molecular flexibility index (Phi) is 5.50. The Labute approximate surface area is 233 Å². The van der Waals surface area contributed by atoms with Crippen LogP contribution in [0.4, 0.5) is 0 Å². The molecule has 0 unspecified atom stereocenters. The van der Waals surface area contributed by atoms with Gasteiger partial charge in [0.05, 0.1) is 37.9 Å². The van der Waals surface area contributed by atoms with Crippen molar-refractivity contribution in [1.29, 1.82) is 0 Å². The number of carbonyl (C=O) groups excluding carboxylic acids is 2. The third-order valence-corrected chi connectivity index (χ3v) is 7.68. The Morgan fingerprint density at radius 1 is 0.927 bits per heavy atom. The summed E-state index contributed by atoms with van der Waals surface area (Å²) in [5.41, 5.74) is 2.85. The van der Waals surface area contributed by atoms with E-state index in [0.717, 1.165) is 16.5 Å². The molecule has 2 aromatic heterocycles. The third-order valence-electron chi connectivity index (χ3n) is 7.68. The number of Topliss-reactive ketones (excluding diaryl/α,β-unsaturated/α-hetero) is 1. The monoisotopic (exact) mass is 549 g/mol. The average Bonchev–Trinajstić information content (AvgIpc) is 3.47. The van der Waals surface area contributed by atoms with E-state index in [-0.39, 0.29) is 40.5 Å². The summed E-state index contributed by atoms with van der Waals surface area (Å²) in [4.78, 5) is 39.8. The molecule has 204 valence electrons. The Morgan fingerprint density at radius 2 is 1.68 bits per heavy atom. The zero-order valence-electron chi connectivity index (χ0n) is 22.3. The fourth-order valence-electron chi connectivity index (χ4n) is 5.65. The summed E-state index contributed by atoms with van der Waals surface area (Å²) >= 11 is 0. The number of allylic oxidation sites excluding steroid dienone is 1. The molecule has 0 amide bonds. The molecule has 0 spiro atoms. The average molecular weight is 550 g/mol. The summed E-state index contributed by atoms with van der Waals surface area (Å²) in [6.45, 7) is 0. The van der Waals surface area contributed by atoms with Crippen molar-refractivity contribution in [2.24, 2.45) is 7.05 Å². The molecule has 0 fully saturated rings. The van der Waals surface area contributed by atoms with E-state index in [1.165, 1.54) is 13.4 Å². The minimum atomic E-state index is -0.748. The summed E-state index contributed by atoms with van der Waals surface area (Å²) in [6, 6.07) is 13.8. The van der Waals surface area contributed by atoms with Crippen LogP contribution in [-0.2, 0) is 11.8 Å². The number of nitrogens with zero attached hydrogens (tertiary/aromatic N) is 1. The van der Waals surface area contributed by atoms with Crippen LogP contribution < -0.4 is 24.4 Å². The largest absolute Gasteiger partial charge is 0.497 e. The second kappa shape index (κ2) is 9.12. The van der Waals surface area contributed by atoms with Gasteiger partial charge in [-0.15, -0.1) is 0 Å². The van der Waals surface area contributed by atoms with E-state index in [1.807, 2.05) is 36.0 Å². The first-order valence-electron chi connectivity index (χ1n) is 12.9. The van der Waals surface area contributed by atoms with Crippen LogP contribution in [-0.4, -0.2) is 30.5 Å². The van der Waals surface area contributed by atoms with Gasteiger partial charge in [-0.2, -0.15) is 0 Å². The molecule has 0 saturated heterocycles. The lowest BCUT2D eigenvalue weighted by atomic mass is 9.85. The molecule has 0 radical (unpaired) electrons. The van der Waals surface area contributed by atoms with Gasteiger partial charge in [-0.3, -0.25) is 14.4 Å². The van der Waals surface area contributed by atoms with Crippen molar-refractivity contribution in [2.45, 2.75) is 12.3 Å². The zero-order chi connectivity index (χ0) is 28.4. The number of ketones is 1. The van der Waals surface area contributed by atoms with Crippen LogP contribution in [0.25, 0.3) is 27.9 Å². The molecule has 0 bridgehead atoms. The van der Waals surface area contributed by atoms with Gasteiger partial charge in [0.15, 0.2) is 11.2 Å². The number of aromatic nitrogens is 1. The predicted octanol–water partition coefficient (Wildman–Crippen LogP) is 5.36. The number of fused-ring (bicyclic) bond motifs is 5. The van der Waals surface area contributed by atoms with E-state index in [0.29, 0.717) is 33.6 Å². The smallest absolute Gasteiger partial charge is 0.312 e. The first kappa shape index (κ1) is 24.7. The van der Waals surface area contributed by atoms with Gasteiger partial charge in [-0.05, 0) is 54.6 Å². The number of ether oxygens (including phenoxy) is 4. The standard InChI is InChI=1S/C32H23NO8/c1-33-14-16(20-11-17(37-2)4-7-24(20)33)10-27-31(36)19-6-9-26-29(32(19)41-27)21(13-28(34)40-26)23-15-39-25-8-5-18(38-3)12-22(25)30(23)35/h4-12,14-15,21H,13H2,1-3H3/b27-10-/t21-/m0/s1. The number of methoxy groups -OCH3 is 2. The van der Waals surface area contributed by atoms with E-state index in [4.69, 9.17) is 23.4 Å². The van der Waals surface area contributed by atoms with Crippen molar-refractivity contribution in [1.82, 2.24) is 4.57 Å². The van der Waals surface area contributed by atoms with Gasteiger partial charge in [0, 0.05) is 46.8 Å². The Hall–Kier alpha value is -5.31. The van der Waals surface area contributed by atoms with Crippen molar-refractivity contribution in [3.63, 3.8) is 0 Å². The maximum Gasteiger partial charge on any atom is 0.312 e. The summed E-state index contributed by atoms with van der Waals surface area (Å²) in [5, 5.41) is 1.21. The quantitative estimate of drug-likeness (QED) is 0.168. The van der Waals surface area contributed by atoms with Gasteiger partial charge in [0.2, 0.25) is 5.78 Å². The molecule has 5 aromatic rings. The lowest BCUT2D eigenvalue weighted by molar-refractivity contribution is -0.135. The second-order valence-corrected chi connectivity index (χ2v) is 9.99. The summed E-state index contributed by atoms with van der Waals surface area (Å²) < 4.78 is 30.2. The van der Waals surface area contributed by atoms with Crippen LogP contribution >= 0.6 is 0 Å². The molecule has 41 heavy (non-hydrogen) atoms. The van der Waals surface area contributed by atoms with Gasteiger partial charge in [-0.1, -0.05) is 0 Å². The molecular formula is C32H23NO8. The Bertz CT molecular complexity index is 2030. The minimum absolute atomic E-state index is 0.120. The van der Waals surface area contributed by atoms with Crippen LogP contribution in [0.15, 0.2) is 76.0 Å². The highest BCUT2D eigenvalue weighted by atomic mass is 16.5. The van der Waals surface area contributed by atoms with E-state index in [2.05, 4.69) is 0 Å². The van der Waals surface area contributed by atoms with Crippen molar-refractivity contribution in [3.8, 4) is 23.0 Å². The van der Waals surface area contributed by atoms with Crippen LogP contribution in [0.5, 0.6) is 23.0 Å².